The molecule has 3 N–H and O–H groups in total. The Morgan fingerprint density at radius 2 is 2.24 bits per heavy atom. The maximum Gasteiger partial charge on any atom is 0.138 e. The predicted molar refractivity (Wildman–Crippen MR) is 73.1 cm³/mol. The van der Waals surface area contributed by atoms with Crippen molar-refractivity contribution in [3.63, 3.8) is 0 Å². The second kappa shape index (κ2) is 7.53. The van der Waals surface area contributed by atoms with Crippen LogP contribution in [0.25, 0.3) is 0 Å². The fourth-order valence-corrected chi connectivity index (χ4v) is 2.02. The van der Waals surface area contributed by atoms with E-state index in [1.807, 2.05) is 37.9 Å². The van der Waals surface area contributed by atoms with Gasteiger partial charge in [-0.1, -0.05) is 0 Å². The second-order valence-electron chi connectivity index (χ2n) is 4.12. The van der Waals surface area contributed by atoms with Crippen LogP contribution in [0.4, 0.5) is 0 Å². The number of nitrogens with one attached hydrogen (secondary N) is 1. The molecule has 0 radical (unpaired) electrons. The maximum absolute atomic E-state index is 5.62. The molecule has 0 fully saturated rings. The van der Waals surface area contributed by atoms with Gasteiger partial charge in [-0.2, -0.15) is 11.8 Å². The van der Waals surface area contributed by atoms with Crippen molar-refractivity contribution in [2.75, 3.05) is 12.0 Å². The van der Waals surface area contributed by atoms with Crippen molar-refractivity contribution in [2.24, 2.45) is 5.84 Å². The van der Waals surface area contributed by atoms with Gasteiger partial charge in [0.2, 0.25) is 0 Å². The molecule has 1 aromatic heterocycles. The largest absolute Gasteiger partial charge is 0.489 e. The number of thioether (sulfide) groups is 1. The second-order valence-corrected chi connectivity index (χ2v) is 5.11. The molecule has 1 heterocycles. The van der Waals surface area contributed by atoms with E-state index >= 15 is 0 Å². The number of nitrogens with two attached hydrogens (primary N) is 1. The first-order valence-corrected chi connectivity index (χ1v) is 7.13. The average molecular weight is 255 g/mol. The Morgan fingerprint density at radius 3 is 2.82 bits per heavy atom. The first-order valence-electron chi connectivity index (χ1n) is 5.74. The van der Waals surface area contributed by atoms with Gasteiger partial charge in [-0.15, -0.1) is 0 Å². The monoisotopic (exact) mass is 255 g/mol. The van der Waals surface area contributed by atoms with Gasteiger partial charge in [0.05, 0.1) is 12.3 Å². The van der Waals surface area contributed by atoms with E-state index < -0.39 is 0 Å². The summed E-state index contributed by atoms with van der Waals surface area (Å²) in [5.74, 6) is 7.42. The topological polar surface area (TPSA) is 60.2 Å². The van der Waals surface area contributed by atoms with Crippen LogP contribution in [-0.4, -0.2) is 23.1 Å². The minimum atomic E-state index is 0.130. The Hall–Kier alpha value is -0.780. The number of hydrogen-bond donors (Lipinski definition) is 2. The molecular formula is C12H21N3OS. The van der Waals surface area contributed by atoms with Crippen LogP contribution in [0, 0.1) is 0 Å². The van der Waals surface area contributed by atoms with E-state index in [4.69, 9.17) is 10.6 Å². The van der Waals surface area contributed by atoms with Crippen LogP contribution in [-0.2, 0) is 0 Å². The van der Waals surface area contributed by atoms with E-state index in [2.05, 4.69) is 16.7 Å². The molecule has 1 aromatic rings. The third kappa shape index (κ3) is 4.93. The third-order valence-corrected chi connectivity index (χ3v) is 2.96. The highest BCUT2D eigenvalue weighted by molar-refractivity contribution is 7.98. The fourth-order valence-electron chi connectivity index (χ4n) is 1.54. The van der Waals surface area contributed by atoms with Crippen LogP contribution in [0.15, 0.2) is 18.5 Å². The summed E-state index contributed by atoms with van der Waals surface area (Å²) in [6.07, 6.45) is 6.78. The van der Waals surface area contributed by atoms with Gasteiger partial charge >= 0.3 is 0 Å². The number of hydrogen-bond acceptors (Lipinski definition) is 5. The Balaban J connectivity index is 2.73. The first kappa shape index (κ1) is 14.3. The summed E-state index contributed by atoms with van der Waals surface area (Å²) in [7, 11) is 0. The van der Waals surface area contributed by atoms with Crippen molar-refractivity contribution >= 4 is 11.8 Å². The lowest BCUT2D eigenvalue weighted by atomic mass is 10.1. The van der Waals surface area contributed by atoms with Crippen molar-refractivity contribution in [3.05, 3.63) is 24.0 Å². The molecule has 0 aliphatic heterocycles. The minimum absolute atomic E-state index is 0.130. The summed E-state index contributed by atoms with van der Waals surface area (Å²) in [6.45, 7) is 4.00. The standard InChI is InChI=1S/C12H21N3OS/c1-9(2)16-11-6-10(7-14-8-11)12(15-13)4-5-17-3/h6-9,12,15H,4-5,13H2,1-3H3. The minimum Gasteiger partial charge on any atom is -0.489 e. The highest BCUT2D eigenvalue weighted by Gasteiger charge is 2.11. The lowest BCUT2D eigenvalue weighted by Gasteiger charge is -2.17. The zero-order valence-electron chi connectivity index (χ0n) is 10.6. The quantitative estimate of drug-likeness (QED) is 0.577. The molecule has 0 saturated heterocycles. The normalized spacial score (nSPS) is 12.8. The van der Waals surface area contributed by atoms with Crippen LogP contribution in [0.3, 0.4) is 0 Å². The summed E-state index contributed by atoms with van der Waals surface area (Å²) in [6, 6.07) is 2.13. The van der Waals surface area contributed by atoms with Crippen molar-refractivity contribution in [3.8, 4) is 5.75 Å². The molecule has 0 aliphatic carbocycles. The van der Waals surface area contributed by atoms with Crippen LogP contribution in [0.2, 0.25) is 0 Å². The van der Waals surface area contributed by atoms with E-state index in [0.29, 0.717) is 0 Å². The Morgan fingerprint density at radius 1 is 1.47 bits per heavy atom. The molecule has 1 unspecified atom stereocenters. The zero-order valence-corrected chi connectivity index (χ0v) is 11.5. The number of rotatable bonds is 7. The number of ether oxygens (including phenoxy) is 1. The number of nitrogens with zero attached hydrogens (tertiary/aromatic N) is 1. The van der Waals surface area contributed by atoms with Gasteiger partial charge in [-0.25, -0.2) is 0 Å². The van der Waals surface area contributed by atoms with Crippen molar-refractivity contribution < 1.29 is 4.74 Å². The van der Waals surface area contributed by atoms with Crippen LogP contribution in [0.1, 0.15) is 31.9 Å². The summed E-state index contributed by atoms with van der Waals surface area (Å²) in [5, 5.41) is 0. The molecular weight excluding hydrogens is 234 g/mol. The molecule has 0 saturated carbocycles. The third-order valence-electron chi connectivity index (χ3n) is 2.32. The summed E-state index contributed by atoms with van der Waals surface area (Å²) in [4.78, 5) is 4.19. The molecule has 0 spiro atoms. The predicted octanol–water partition coefficient (Wildman–Crippen LogP) is 2.13. The maximum atomic E-state index is 5.62. The highest BCUT2D eigenvalue weighted by atomic mass is 32.2. The van der Waals surface area contributed by atoms with E-state index in [1.54, 1.807) is 6.20 Å². The number of pyridine rings is 1. The van der Waals surface area contributed by atoms with Crippen molar-refractivity contribution in [2.45, 2.75) is 32.4 Å². The Bertz CT molecular complexity index is 333. The lowest BCUT2D eigenvalue weighted by Crippen LogP contribution is -2.28. The molecule has 0 aromatic carbocycles. The van der Waals surface area contributed by atoms with Gasteiger partial charge in [-0.05, 0) is 43.9 Å². The van der Waals surface area contributed by atoms with Gasteiger partial charge in [0, 0.05) is 12.2 Å². The number of hydrazine groups is 1. The molecule has 1 rings (SSSR count). The molecule has 0 amide bonds. The van der Waals surface area contributed by atoms with Crippen LogP contribution in [0.5, 0.6) is 5.75 Å². The van der Waals surface area contributed by atoms with E-state index in [9.17, 15) is 0 Å². The van der Waals surface area contributed by atoms with E-state index in [-0.39, 0.29) is 12.1 Å². The van der Waals surface area contributed by atoms with Crippen LogP contribution >= 0.6 is 11.8 Å². The molecule has 96 valence electrons. The lowest BCUT2D eigenvalue weighted by molar-refractivity contribution is 0.241. The molecule has 4 nitrogen and oxygen atoms in total. The summed E-state index contributed by atoms with van der Waals surface area (Å²) >= 11 is 1.81. The van der Waals surface area contributed by atoms with Gasteiger partial charge in [0.25, 0.3) is 0 Å². The van der Waals surface area contributed by atoms with Crippen molar-refractivity contribution in [1.29, 1.82) is 0 Å². The summed E-state index contributed by atoms with van der Waals surface area (Å²) in [5.41, 5.74) is 3.89. The van der Waals surface area contributed by atoms with Crippen LogP contribution < -0.4 is 16.0 Å². The van der Waals surface area contributed by atoms with Gasteiger partial charge in [0.1, 0.15) is 5.75 Å². The molecule has 0 bridgehead atoms. The molecule has 17 heavy (non-hydrogen) atoms. The van der Waals surface area contributed by atoms with E-state index in [0.717, 1.165) is 23.5 Å². The average Bonchev–Trinajstić information content (AvgIpc) is 2.30. The highest BCUT2D eigenvalue weighted by Crippen LogP contribution is 2.21. The van der Waals surface area contributed by atoms with Gasteiger partial charge in [-0.3, -0.25) is 16.3 Å². The van der Waals surface area contributed by atoms with Gasteiger partial charge in [0.15, 0.2) is 0 Å². The first-order chi connectivity index (χ1) is 8.17. The Kier molecular flexibility index (Phi) is 6.32. The zero-order chi connectivity index (χ0) is 12.7. The smallest absolute Gasteiger partial charge is 0.138 e. The molecule has 0 aliphatic rings. The summed E-state index contributed by atoms with van der Waals surface area (Å²) < 4.78 is 5.62. The SMILES string of the molecule is CSCCC(NN)c1cncc(OC(C)C)c1. The molecule has 1 atom stereocenters. The fraction of sp³-hybridized carbons (Fsp3) is 0.583. The van der Waals surface area contributed by atoms with E-state index in [1.165, 1.54) is 0 Å². The molecule has 5 heteroatoms. The van der Waals surface area contributed by atoms with Gasteiger partial charge < -0.3 is 4.74 Å². The number of aromatic nitrogens is 1. The Labute approximate surface area is 107 Å². The van der Waals surface area contributed by atoms with Crippen molar-refractivity contribution in [1.82, 2.24) is 10.4 Å².